The fourth-order valence-electron chi connectivity index (χ4n) is 4.35. The molecule has 5 N–H and O–H groups in total. The van der Waals surface area contributed by atoms with Crippen LogP contribution in [-0.4, -0.2) is 91.8 Å². The van der Waals surface area contributed by atoms with Gasteiger partial charge in [-0.1, -0.05) is 28.1 Å². The number of thiazole rings is 1. The number of rotatable bonds is 10. The second kappa shape index (κ2) is 11.7. The highest BCUT2D eigenvalue weighted by Crippen LogP contribution is 2.40. The first-order chi connectivity index (χ1) is 20.3. The number of fused-ring (bicyclic) bond motifs is 2. The molecule has 0 bridgehead atoms. The van der Waals surface area contributed by atoms with Crippen LogP contribution in [0.15, 0.2) is 34.9 Å². The zero-order valence-corrected chi connectivity index (χ0v) is 25.1. The Kier molecular flexibility index (Phi) is 8.17. The number of pyridine rings is 1. The third-order valence-electron chi connectivity index (χ3n) is 6.48. The monoisotopic (exact) mass is 649 g/mol. The van der Waals surface area contributed by atoms with E-state index in [0.29, 0.717) is 11.5 Å². The Hall–Kier alpha value is -4.42. The van der Waals surface area contributed by atoms with Crippen molar-refractivity contribution in [2.45, 2.75) is 31.0 Å². The van der Waals surface area contributed by atoms with Gasteiger partial charge in [-0.15, -0.1) is 11.8 Å². The minimum atomic E-state index is -1.53. The van der Waals surface area contributed by atoms with Crippen molar-refractivity contribution in [3.05, 3.63) is 39.8 Å². The van der Waals surface area contributed by atoms with E-state index >= 15 is 0 Å². The van der Waals surface area contributed by atoms with Crippen LogP contribution in [0.1, 0.15) is 12.6 Å². The average molecular weight is 650 g/mol. The number of nitrogen functional groups attached to an aromatic ring is 1. The number of carboxylic acid groups (broad SMARTS) is 2. The molecule has 1 unspecified atom stereocenters. The molecule has 19 heteroatoms. The van der Waals surface area contributed by atoms with Crippen molar-refractivity contribution in [3.8, 4) is 0 Å². The molecular formula is C24H24ClN9O7S2. The zero-order chi connectivity index (χ0) is 31.2. The van der Waals surface area contributed by atoms with E-state index in [0.717, 1.165) is 27.3 Å². The van der Waals surface area contributed by atoms with Gasteiger partial charge in [0.2, 0.25) is 12.1 Å². The molecule has 43 heavy (non-hydrogen) atoms. The van der Waals surface area contributed by atoms with E-state index in [2.05, 4.69) is 25.4 Å². The molecule has 1 saturated heterocycles. The van der Waals surface area contributed by atoms with Crippen molar-refractivity contribution in [2.75, 3.05) is 30.5 Å². The number of halogens is 1. The van der Waals surface area contributed by atoms with Gasteiger partial charge in [-0.25, -0.2) is 14.8 Å². The predicted octanol–water partition coefficient (Wildman–Crippen LogP) is -1.09. The number of β-lactam (4-membered cyclic amide) rings is 1. The molecule has 2 aliphatic heterocycles. The van der Waals surface area contributed by atoms with Crippen LogP contribution in [0.3, 0.4) is 0 Å². The van der Waals surface area contributed by atoms with E-state index in [9.17, 15) is 24.3 Å². The van der Waals surface area contributed by atoms with Crippen molar-refractivity contribution < 1.29 is 38.8 Å². The summed E-state index contributed by atoms with van der Waals surface area (Å²) in [5, 5.41) is 26.7. The van der Waals surface area contributed by atoms with Crippen LogP contribution in [0.2, 0.25) is 4.34 Å². The molecular weight excluding hydrogens is 626 g/mol. The third-order valence-corrected chi connectivity index (χ3v) is 8.91. The fraction of sp³-hybridized carbons (Fsp3) is 0.333. The molecule has 2 amide bonds. The Balaban J connectivity index is 1.36. The zero-order valence-electron chi connectivity index (χ0n) is 22.7. The number of oxime groups is 1. The third kappa shape index (κ3) is 5.80. The number of hydrogen-bond donors (Lipinski definition) is 4. The molecule has 0 aliphatic carbocycles. The SMILES string of the molecule is C[C@H](O/N=C(\C(=O)N[C@@H]1C(=O)N2C(C(=O)[O-])=C(C[n+]3ccc4nc(N(C)C)[nH]c4c3)CSC12)c1nc(N)sc1Cl)C(=O)O. The molecule has 3 atom stereocenters. The van der Waals surface area contributed by atoms with Crippen molar-refractivity contribution in [1.29, 1.82) is 0 Å². The van der Waals surface area contributed by atoms with Crippen molar-refractivity contribution >= 4 is 86.3 Å². The van der Waals surface area contributed by atoms with Crippen molar-refractivity contribution in [3.63, 3.8) is 0 Å². The molecule has 2 aliphatic rings. The second-order valence-electron chi connectivity index (χ2n) is 9.67. The molecule has 5 heterocycles. The number of carbonyl (C=O) groups is 4. The van der Waals surface area contributed by atoms with E-state index in [4.69, 9.17) is 27.3 Å². The number of imidazole rings is 1. The molecule has 1 fully saturated rings. The maximum atomic E-state index is 13.2. The summed E-state index contributed by atoms with van der Waals surface area (Å²) in [6.45, 7) is 1.36. The van der Waals surface area contributed by atoms with Crippen molar-refractivity contribution in [2.24, 2.45) is 5.16 Å². The highest BCUT2D eigenvalue weighted by Gasteiger charge is 2.53. The molecule has 3 aromatic rings. The molecule has 5 rings (SSSR count). The Labute approximate surface area is 256 Å². The van der Waals surface area contributed by atoms with Gasteiger partial charge in [-0.05, 0) is 6.92 Å². The number of nitrogens with zero attached hydrogens (tertiary/aromatic N) is 6. The van der Waals surface area contributed by atoms with Gasteiger partial charge >= 0.3 is 5.97 Å². The lowest BCUT2D eigenvalue weighted by atomic mass is 10.0. The average Bonchev–Trinajstić information content (AvgIpc) is 3.53. The number of H-pyrrole nitrogens is 1. The molecule has 0 spiro atoms. The minimum absolute atomic E-state index is 0.0119. The summed E-state index contributed by atoms with van der Waals surface area (Å²) >= 11 is 8.25. The van der Waals surface area contributed by atoms with Gasteiger partial charge in [0.1, 0.15) is 32.5 Å². The van der Waals surface area contributed by atoms with E-state index in [1.165, 1.54) is 18.7 Å². The first-order valence-electron chi connectivity index (χ1n) is 12.5. The molecule has 226 valence electrons. The molecule has 0 saturated carbocycles. The number of nitrogens with two attached hydrogens (primary N) is 1. The largest absolute Gasteiger partial charge is 0.543 e. The smallest absolute Gasteiger partial charge is 0.347 e. The number of carboxylic acids is 2. The number of amides is 2. The number of aromatic amines is 1. The number of carbonyl (C=O) groups excluding carboxylic acids is 3. The van der Waals surface area contributed by atoms with E-state index in [1.54, 1.807) is 23.0 Å². The van der Waals surface area contributed by atoms with Gasteiger partial charge in [0, 0.05) is 31.5 Å². The Morgan fingerprint density at radius 3 is 2.79 bits per heavy atom. The molecule has 0 radical (unpaired) electrons. The first kappa shape index (κ1) is 30.1. The predicted molar refractivity (Wildman–Crippen MR) is 154 cm³/mol. The van der Waals surface area contributed by atoms with Crippen LogP contribution in [0.5, 0.6) is 0 Å². The summed E-state index contributed by atoms with van der Waals surface area (Å²) in [6, 6.07) is 0.656. The second-order valence-corrected chi connectivity index (χ2v) is 12.4. The summed E-state index contributed by atoms with van der Waals surface area (Å²) in [5.41, 5.74) is 6.66. The number of thioether (sulfide) groups is 1. The summed E-state index contributed by atoms with van der Waals surface area (Å²) in [4.78, 5) is 69.3. The molecule has 16 nitrogen and oxygen atoms in total. The first-order valence-corrected chi connectivity index (χ1v) is 14.7. The summed E-state index contributed by atoms with van der Waals surface area (Å²) in [7, 11) is 3.70. The van der Waals surface area contributed by atoms with E-state index in [-0.39, 0.29) is 33.2 Å². The topological polar surface area (TPSA) is 223 Å². The van der Waals surface area contributed by atoms with Gasteiger partial charge < -0.3 is 40.8 Å². The maximum absolute atomic E-state index is 13.2. The number of hydrogen-bond acceptors (Lipinski definition) is 13. The lowest BCUT2D eigenvalue weighted by Crippen LogP contribution is -2.71. The summed E-state index contributed by atoms with van der Waals surface area (Å²) < 4.78 is 1.76. The standard InChI is InChI=1S/C24H24ClN9O7S2/c1-9(21(37)38)41-31-14(13-17(25)43-23(26)30-13)18(35)29-15-19(36)34-16(22(39)40)10(8-42-20(15)34)6-33-5-4-11-12(7-33)28-24(27-11)32(2)3/h4-5,7,9,15,20H,6,8H2,1-3H3,(H5,26,29,30,35,37,38,39,40)/b31-14-/t9-,15+,20?/m0/s1. The number of nitrogens with one attached hydrogen (secondary N) is 2. The van der Waals surface area contributed by atoms with Gasteiger partial charge in [0.25, 0.3) is 11.8 Å². The van der Waals surface area contributed by atoms with Crippen LogP contribution in [-0.2, 0) is 30.6 Å². The van der Waals surface area contributed by atoms with Crippen LogP contribution >= 0.6 is 34.7 Å². The molecule has 3 aromatic heterocycles. The van der Waals surface area contributed by atoms with E-state index in [1.807, 2.05) is 19.0 Å². The Morgan fingerprint density at radius 1 is 1.42 bits per heavy atom. The number of aromatic nitrogens is 4. The normalized spacial score (nSPS) is 19.1. The minimum Gasteiger partial charge on any atom is -0.543 e. The fourth-order valence-corrected chi connectivity index (χ4v) is 6.62. The Morgan fingerprint density at radius 2 is 2.16 bits per heavy atom. The van der Waals surface area contributed by atoms with Crippen molar-refractivity contribution in [1.82, 2.24) is 25.2 Å². The highest BCUT2D eigenvalue weighted by atomic mass is 35.5. The van der Waals surface area contributed by atoms with Crippen LogP contribution in [0.4, 0.5) is 11.1 Å². The number of anilines is 2. The van der Waals surface area contributed by atoms with Gasteiger partial charge in [-0.2, -0.15) is 4.57 Å². The van der Waals surface area contributed by atoms with E-state index < -0.39 is 47.0 Å². The lowest BCUT2D eigenvalue weighted by molar-refractivity contribution is -0.687. The summed E-state index contributed by atoms with van der Waals surface area (Å²) in [5.74, 6) is -3.61. The van der Waals surface area contributed by atoms with Gasteiger partial charge in [-0.3, -0.25) is 14.5 Å². The quantitative estimate of drug-likeness (QED) is 0.0890. The van der Waals surface area contributed by atoms with Crippen LogP contribution in [0.25, 0.3) is 11.0 Å². The number of aliphatic carboxylic acids is 2. The van der Waals surface area contributed by atoms with Gasteiger partial charge in [0.05, 0.1) is 11.7 Å². The summed E-state index contributed by atoms with van der Waals surface area (Å²) in [6.07, 6.45) is 2.13. The van der Waals surface area contributed by atoms with Crippen LogP contribution < -0.4 is 25.6 Å². The Bertz CT molecular complexity index is 1720. The van der Waals surface area contributed by atoms with Gasteiger partial charge in [0.15, 0.2) is 29.8 Å². The maximum Gasteiger partial charge on any atom is 0.347 e. The molecule has 0 aromatic carbocycles. The lowest BCUT2D eigenvalue weighted by Gasteiger charge is -2.50. The highest BCUT2D eigenvalue weighted by molar-refractivity contribution is 8.00. The van der Waals surface area contributed by atoms with Crippen LogP contribution in [0, 0.1) is 0 Å².